The van der Waals surface area contributed by atoms with Crippen molar-refractivity contribution in [3.63, 3.8) is 0 Å². The van der Waals surface area contributed by atoms with Crippen LogP contribution < -0.4 is 14.2 Å². The van der Waals surface area contributed by atoms with Gasteiger partial charge in [-0.25, -0.2) is 9.59 Å². The van der Waals surface area contributed by atoms with Crippen LogP contribution in [0.3, 0.4) is 0 Å². The molecule has 1 aromatic carbocycles. The predicted octanol–water partition coefficient (Wildman–Crippen LogP) is 3.97. The van der Waals surface area contributed by atoms with Crippen LogP contribution in [-0.2, 0) is 9.47 Å². The highest BCUT2D eigenvalue weighted by Gasteiger charge is 2.48. The van der Waals surface area contributed by atoms with Gasteiger partial charge in [-0.15, -0.1) is 0 Å². The van der Waals surface area contributed by atoms with Crippen LogP contribution in [0.1, 0.15) is 78.7 Å². The third-order valence-corrected chi connectivity index (χ3v) is 6.59. The van der Waals surface area contributed by atoms with Crippen LogP contribution in [0.15, 0.2) is 0 Å². The number of aliphatic hydroxyl groups is 1. The number of ether oxygens (including phenoxy) is 5. The van der Waals surface area contributed by atoms with Crippen LogP contribution in [0.4, 0.5) is 0 Å². The molecule has 180 valence electrons. The van der Waals surface area contributed by atoms with E-state index in [4.69, 9.17) is 23.7 Å². The second-order valence-electron chi connectivity index (χ2n) is 8.84. The third kappa shape index (κ3) is 4.37. The van der Waals surface area contributed by atoms with Gasteiger partial charge in [0, 0.05) is 11.0 Å². The molecule has 1 unspecified atom stereocenters. The Balaban J connectivity index is 3.07. The molecular weight excluding hydrogens is 416 g/mol. The molecule has 8 heteroatoms. The number of methoxy groups -OCH3 is 5. The van der Waals surface area contributed by atoms with Gasteiger partial charge in [-0.3, -0.25) is 0 Å². The van der Waals surface area contributed by atoms with Crippen LogP contribution in [0.2, 0.25) is 0 Å². The SMILES string of the molecule is COC(=O)c1c(OC)c(C(=O)OC)c(OC)c([C@H](CC(C)C)[C@@]2(C)CCCC2O)c1OC. The lowest BCUT2D eigenvalue weighted by atomic mass is 9.66. The van der Waals surface area contributed by atoms with Crippen molar-refractivity contribution in [2.75, 3.05) is 35.5 Å². The van der Waals surface area contributed by atoms with Crippen molar-refractivity contribution >= 4 is 11.9 Å². The summed E-state index contributed by atoms with van der Waals surface area (Å²) in [6.45, 7) is 6.21. The van der Waals surface area contributed by atoms with E-state index >= 15 is 0 Å². The van der Waals surface area contributed by atoms with E-state index in [1.807, 2.05) is 6.92 Å². The van der Waals surface area contributed by atoms with Crippen LogP contribution in [-0.4, -0.2) is 58.7 Å². The Morgan fingerprint density at radius 3 is 1.72 bits per heavy atom. The number of rotatable bonds is 9. The molecule has 32 heavy (non-hydrogen) atoms. The first-order valence-electron chi connectivity index (χ1n) is 10.8. The zero-order valence-electron chi connectivity index (χ0n) is 20.4. The number of hydrogen-bond acceptors (Lipinski definition) is 8. The molecule has 2 rings (SSSR count). The number of esters is 2. The molecule has 8 nitrogen and oxygen atoms in total. The molecule has 0 saturated heterocycles. The maximum absolute atomic E-state index is 12.9. The van der Waals surface area contributed by atoms with Gasteiger partial charge in [0.05, 0.1) is 41.7 Å². The van der Waals surface area contributed by atoms with Gasteiger partial charge in [-0.1, -0.05) is 27.2 Å². The van der Waals surface area contributed by atoms with E-state index in [9.17, 15) is 14.7 Å². The Hall–Kier alpha value is -2.48. The number of carbonyl (C=O) groups excluding carboxylic acids is 2. The molecule has 0 aliphatic heterocycles. The fourth-order valence-corrected chi connectivity index (χ4v) is 4.99. The normalized spacial score (nSPS) is 21.2. The molecular formula is C24H36O8. The maximum Gasteiger partial charge on any atom is 0.345 e. The Morgan fingerprint density at radius 1 is 0.938 bits per heavy atom. The summed E-state index contributed by atoms with van der Waals surface area (Å²) in [5, 5.41) is 11.0. The average Bonchev–Trinajstić information content (AvgIpc) is 3.12. The highest BCUT2D eigenvalue weighted by atomic mass is 16.5. The first-order chi connectivity index (χ1) is 15.1. The third-order valence-electron chi connectivity index (χ3n) is 6.59. The molecule has 0 heterocycles. The maximum atomic E-state index is 12.9. The Bertz CT molecular complexity index is 802. The van der Waals surface area contributed by atoms with E-state index in [1.165, 1.54) is 35.5 Å². The summed E-state index contributed by atoms with van der Waals surface area (Å²) in [4.78, 5) is 25.7. The molecule has 0 bridgehead atoms. The quantitative estimate of drug-likeness (QED) is 0.562. The Labute approximate surface area is 190 Å². The topological polar surface area (TPSA) is 101 Å². The summed E-state index contributed by atoms with van der Waals surface area (Å²) in [5.41, 5.74) is -0.00829. The smallest absolute Gasteiger partial charge is 0.345 e. The van der Waals surface area contributed by atoms with Crippen molar-refractivity contribution in [1.82, 2.24) is 0 Å². The van der Waals surface area contributed by atoms with E-state index in [-0.39, 0.29) is 40.2 Å². The number of carbonyl (C=O) groups is 2. The fraction of sp³-hybridized carbons (Fsp3) is 0.667. The van der Waals surface area contributed by atoms with Crippen molar-refractivity contribution < 1.29 is 38.4 Å². The number of benzene rings is 1. The highest BCUT2D eigenvalue weighted by Crippen LogP contribution is 2.57. The fourth-order valence-electron chi connectivity index (χ4n) is 4.99. The van der Waals surface area contributed by atoms with Crippen LogP contribution in [0.5, 0.6) is 17.2 Å². The zero-order chi connectivity index (χ0) is 24.2. The molecule has 1 fully saturated rings. The highest BCUT2D eigenvalue weighted by molar-refractivity contribution is 6.05. The molecule has 1 aromatic rings. The number of hydrogen-bond donors (Lipinski definition) is 1. The second-order valence-corrected chi connectivity index (χ2v) is 8.84. The molecule has 0 aromatic heterocycles. The van der Waals surface area contributed by atoms with E-state index in [1.54, 1.807) is 0 Å². The van der Waals surface area contributed by atoms with Gasteiger partial charge in [0.2, 0.25) is 0 Å². The van der Waals surface area contributed by atoms with Gasteiger partial charge in [0.25, 0.3) is 0 Å². The van der Waals surface area contributed by atoms with Crippen molar-refractivity contribution in [2.24, 2.45) is 11.3 Å². The molecule has 0 amide bonds. The predicted molar refractivity (Wildman–Crippen MR) is 119 cm³/mol. The lowest BCUT2D eigenvalue weighted by Gasteiger charge is -2.40. The van der Waals surface area contributed by atoms with Gasteiger partial charge in [-0.05, 0) is 31.1 Å². The van der Waals surface area contributed by atoms with Crippen LogP contribution in [0, 0.1) is 11.3 Å². The first-order valence-corrected chi connectivity index (χ1v) is 10.8. The zero-order valence-corrected chi connectivity index (χ0v) is 20.4. The summed E-state index contributed by atoms with van der Waals surface area (Å²) < 4.78 is 27.0. The van der Waals surface area contributed by atoms with Crippen molar-refractivity contribution in [1.29, 1.82) is 0 Å². The van der Waals surface area contributed by atoms with E-state index < -0.39 is 23.5 Å². The number of aliphatic hydroxyl groups excluding tert-OH is 1. The molecule has 0 radical (unpaired) electrons. The summed E-state index contributed by atoms with van der Waals surface area (Å²) >= 11 is 0. The lowest BCUT2D eigenvalue weighted by Crippen LogP contribution is -2.35. The molecule has 1 saturated carbocycles. The lowest BCUT2D eigenvalue weighted by molar-refractivity contribution is 0.0373. The Kier molecular flexibility index (Phi) is 8.40. The minimum atomic E-state index is -0.715. The molecule has 1 aliphatic carbocycles. The summed E-state index contributed by atoms with van der Waals surface area (Å²) in [6.07, 6.45) is 2.46. The van der Waals surface area contributed by atoms with Gasteiger partial charge in [-0.2, -0.15) is 0 Å². The molecule has 1 N–H and O–H groups in total. The average molecular weight is 453 g/mol. The van der Waals surface area contributed by atoms with Crippen molar-refractivity contribution in [3.8, 4) is 17.2 Å². The van der Waals surface area contributed by atoms with E-state index in [0.29, 0.717) is 18.4 Å². The second kappa shape index (κ2) is 10.4. The Morgan fingerprint density at radius 2 is 1.41 bits per heavy atom. The van der Waals surface area contributed by atoms with Crippen LogP contribution >= 0.6 is 0 Å². The monoisotopic (exact) mass is 452 g/mol. The standard InChI is InChI=1S/C24H36O8/c1-13(2)12-14(24(3)11-9-10-15(24)25)16-19(28-4)17(22(26)31-7)21(30-6)18(20(16)29-5)23(27)32-8/h13-15,25H,9-12H2,1-8H3/t14-,15?,24+/m0/s1. The van der Waals surface area contributed by atoms with Crippen LogP contribution in [0.25, 0.3) is 0 Å². The van der Waals surface area contributed by atoms with E-state index in [2.05, 4.69) is 13.8 Å². The largest absolute Gasteiger partial charge is 0.495 e. The molecule has 0 spiro atoms. The minimum Gasteiger partial charge on any atom is -0.495 e. The van der Waals surface area contributed by atoms with Gasteiger partial charge < -0.3 is 28.8 Å². The van der Waals surface area contributed by atoms with Crippen molar-refractivity contribution in [3.05, 3.63) is 16.7 Å². The van der Waals surface area contributed by atoms with Gasteiger partial charge >= 0.3 is 11.9 Å². The summed E-state index contributed by atoms with van der Waals surface area (Å²) in [5.74, 6) is -1.07. The minimum absolute atomic E-state index is 0.0152. The van der Waals surface area contributed by atoms with E-state index in [0.717, 1.165) is 12.8 Å². The summed E-state index contributed by atoms with van der Waals surface area (Å²) in [7, 11) is 6.73. The van der Waals surface area contributed by atoms with Crippen molar-refractivity contribution in [2.45, 2.75) is 58.5 Å². The molecule has 3 atom stereocenters. The summed E-state index contributed by atoms with van der Waals surface area (Å²) in [6, 6.07) is 0. The molecule has 1 aliphatic rings. The van der Waals surface area contributed by atoms with Gasteiger partial charge in [0.15, 0.2) is 5.75 Å². The first kappa shape index (κ1) is 25.8. The van der Waals surface area contributed by atoms with Gasteiger partial charge in [0.1, 0.15) is 22.6 Å².